The lowest BCUT2D eigenvalue weighted by molar-refractivity contribution is 0.598. The molecule has 10 heteroatoms. The third-order valence-corrected chi connectivity index (χ3v) is 7.51. The Hall–Kier alpha value is -3.76. The van der Waals surface area contributed by atoms with Crippen LogP contribution in [0.1, 0.15) is 35.2 Å². The fourth-order valence-corrected chi connectivity index (χ4v) is 5.51. The maximum atomic E-state index is 13.8. The maximum Gasteiger partial charge on any atom is 0.262 e. The monoisotopic (exact) mass is 507 g/mol. The van der Waals surface area contributed by atoms with Crippen LogP contribution in [0.4, 0.5) is 16.0 Å². The van der Waals surface area contributed by atoms with Gasteiger partial charge in [0.05, 0.1) is 22.6 Å². The summed E-state index contributed by atoms with van der Waals surface area (Å²) in [4.78, 5) is 20.3. The predicted octanol–water partition coefficient (Wildman–Crippen LogP) is 3.72. The highest BCUT2D eigenvalue weighted by molar-refractivity contribution is 7.89. The quantitative estimate of drug-likeness (QED) is 0.426. The van der Waals surface area contributed by atoms with Gasteiger partial charge in [0.2, 0.25) is 16.0 Å². The molecule has 2 heterocycles. The van der Waals surface area contributed by atoms with E-state index in [1.165, 1.54) is 22.8 Å². The lowest BCUT2D eigenvalue weighted by Crippen LogP contribution is -2.28. The van der Waals surface area contributed by atoms with Gasteiger partial charge in [0.15, 0.2) is 0 Å². The molecule has 1 aliphatic heterocycles. The van der Waals surface area contributed by atoms with Crippen LogP contribution < -0.4 is 20.9 Å². The smallest absolute Gasteiger partial charge is 0.262 e. The SMILES string of the molecule is Cc1cc([C@H](C)Nc2ccccc2S(N)(=O)=O)c2nc(N3Cc4ccc(F)cc4C3)n(C)c(=O)c2c1. The summed E-state index contributed by atoms with van der Waals surface area (Å²) in [5.41, 5.74) is 4.17. The zero-order chi connectivity index (χ0) is 25.8. The summed E-state index contributed by atoms with van der Waals surface area (Å²) in [5.74, 6) is 0.180. The van der Waals surface area contributed by atoms with E-state index < -0.39 is 16.1 Å². The van der Waals surface area contributed by atoms with E-state index in [0.29, 0.717) is 35.6 Å². The van der Waals surface area contributed by atoms with Gasteiger partial charge in [-0.2, -0.15) is 0 Å². The van der Waals surface area contributed by atoms with E-state index in [9.17, 15) is 17.6 Å². The first-order valence-electron chi connectivity index (χ1n) is 11.4. The first kappa shape index (κ1) is 24.0. The van der Waals surface area contributed by atoms with Crippen molar-refractivity contribution in [3.63, 3.8) is 0 Å². The van der Waals surface area contributed by atoms with Gasteiger partial charge in [0.1, 0.15) is 10.7 Å². The number of aromatic nitrogens is 2. The van der Waals surface area contributed by atoms with Crippen LogP contribution >= 0.6 is 0 Å². The summed E-state index contributed by atoms with van der Waals surface area (Å²) in [7, 11) is -2.26. The minimum absolute atomic E-state index is 0.0135. The number of nitrogens with zero attached hydrogens (tertiary/aromatic N) is 3. The maximum absolute atomic E-state index is 13.8. The molecule has 8 nitrogen and oxygen atoms in total. The average molecular weight is 508 g/mol. The molecule has 1 atom stereocenters. The molecular weight excluding hydrogens is 481 g/mol. The van der Waals surface area contributed by atoms with Crippen LogP contribution in [0.2, 0.25) is 0 Å². The Kier molecular flexibility index (Phi) is 5.80. The van der Waals surface area contributed by atoms with E-state index in [2.05, 4.69) is 5.32 Å². The Balaban J connectivity index is 1.61. The van der Waals surface area contributed by atoms with Gasteiger partial charge < -0.3 is 10.2 Å². The van der Waals surface area contributed by atoms with Crippen molar-refractivity contribution in [2.24, 2.45) is 12.2 Å². The van der Waals surface area contributed by atoms with Crippen LogP contribution in [0.15, 0.2) is 64.3 Å². The van der Waals surface area contributed by atoms with Gasteiger partial charge in [-0.3, -0.25) is 9.36 Å². The third-order valence-electron chi connectivity index (χ3n) is 6.54. The van der Waals surface area contributed by atoms with Crippen LogP contribution in [0.3, 0.4) is 0 Å². The lowest BCUT2D eigenvalue weighted by Gasteiger charge is -2.23. The third kappa shape index (κ3) is 4.22. The Morgan fingerprint density at radius 3 is 2.56 bits per heavy atom. The van der Waals surface area contributed by atoms with Crippen LogP contribution in [-0.2, 0) is 30.2 Å². The number of nitrogens with two attached hydrogens (primary N) is 1. The number of rotatable bonds is 5. The molecule has 0 radical (unpaired) electrons. The summed E-state index contributed by atoms with van der Waals surface area (Å²) in [6, 6.07) is 14.5. The van der Waals surface area contributed by atoms with Crippen molar-refractivity contribution < 1.29 is 12.8 Å². The molecule has 0 aliphatic carbocycles. The zero-order valence-corrected chi connectivity index (χ0v) is 20.9. The number of para-hydroxylation sites is 1. The van der Waals surface area contributed by atoms with Gasteiger partial charge >= 0.3 is 0 Å². The van der Waals surface area contributed by atoms with Crippen molar-refractivity contribution in [3.05, 3.63) is 93.0 Å². The lowest BCUT2D eigenvalue weighted by atomic mass is 10.0. The highest BCUT2D eigenvalue weighted by Crippen LogP contribution is 2.32. The van der Waals surface area contributed by atoms with Gasteiger partial charge in [0.25, 0.3) is 5.56 Å². The number of halogens is 1. The zero-order valence-electron chi connectivity index (χ0n) is 20.1. The Morgan fingerprint density at radius 1 is 1.08 bits per heavy atom. The molecule has 0 spiro atoms. The first-order chi connectivity index (χ1) is 17.0. The van der Waals surface area contributed by atoms with E-state index in [4.69, 9.17) is 10.1 Å². The molecule has 0 bridgehead atoms. The summed E-state index contributed by atoms with van der Waals surface area (Å²) in [5, 5.41) is 9.10. The van der Waals surface area contributed by atoms with Crippen molar-refractivity contribution in [2.45, 2.75) is 37.9 Å². The number of aryl methyl sites for hydroxylation is 1. The van der Waals surface area contributed by atoms with Gasteiger partial charge in [-0.25, -0.2) is 22.9 Å². The summed E-state index contributed by atoms with van der Waals surface area (Å²) < 4.78 is 39.4. The van der Waals surface area contributed by atoms with Crippen molar-refractivity contribution in [2.75, 3.05) is 10.2 Å². The van der Waals surface area contributed by atoms with Gasteiger partial charge in [0, 0.05) is 25.7 Å². The molecule has 3 aromatic carbocycles. The highest BCUT2D eigenvalue weighted by Gasteiger charge is 2.25. The van der Waals surface area contributed by atoms with E-state index in [0.717, 1.165) is 22.3 Å². The molecule has 186 valence electrons. The second kappa shape index (κ2) is 8.72. The number of anilines is 2. The van der Waals surface area contributed by atoms with E-state index >= 15 is 0 Å². The molecular formula is C26H26FN5O3S. The normalized spacial score (nSPS) is 14.2. The molecule has 0 fully saturated rings. The number of sulfonamides is 1. The summed E-state index contributed by atoms with van der Waals surface area (Å²) in [6.45, 7) is 4.72. The summed E-state index contributed by atoms with van der Waals surface area (Å²) >= 11 is 0. The average Bonchev–Trinajstić information content (AvgIpc) is 3.23. The number of benzene rings is 3. The molecule has 0 amide bonds. The van der Waals surface area contributed by atoms with E-state index in [1.807, 2.05) is 24.8 Å². The Morgan fingerprint density at radius 2 is 1.81 bits per heavy atom. The second-order valence-electron chi connectivity index (χ2n) is 9.20. The topological polar surface area (TPSA) is 110 Å². The molecule has 0 saturated carbocycles. The summed E-state index contributed by atoms with van der Waals surface area (Å²) in [6.07, 6.45) is 0. The first-order valence-corrected chi connectivity index (χ1v) is 13.0. The van der Waals surface area contributed by atoms with Crippen LogP contribution in [0.25, 0.3) is 10.9 Å². The molecule has 4 aromatic rings. The predicted molar refractivity (Wildman–Crippen MR) is 138 cm³/mol. The van der Waals surface area contributed by atoms with Crippen LogP contribution in [-0.4, -0.2) is 18.0 Å². The molecule has 3 N–H and O–H groups in total. The standard InChI is InChI=1S/C26H26FN5O3S/c1-15-10-20(16(2)29-22-6-4-5-7-23(22)36(28,34)35)24-21(11-15)25(33)31(3)26(30-24)32-13-17-8-9-19(27)12-18(17)14-32/h4-12,16,29H,13-14H2,1-3H3,(H2,28,34,35)/t16-/m0/s1. The Bertz CT molecular complexity index is 1680. The van der Waals surface area contributed by atoms with Crippen molar-refractivity contribution in [1.82, 2.24) is 9.55 Å². The number of nitrogens with one attached hydrogen (secondary N) is 1. The Labute approximate surface area is 208 Å². The number of hydrogen-bond donors (Lipinski definition) is 2. The van der Waals surface area contributed by atoms with Gasteiger partial charge in [-0.1, -0.05) is 24.3 Å². The molecule has 36 heavy (non-hydrogen) atoms. The molecule has 1 aromatic heterocycles. The molecule has 1 aliphatic rings. The number of fused-ring (bicyclic) bond motifs is 2. The van der Waals surface area contributed by atoms with Crippen molar-refractivity contribution in [1.29, 1.82) is 0 Å². The minimum Gasteiger partial charge on any atom is -0.377 e. The van der Waals surface area contributed by atoms with Crippen LogP contribution in [0, 0.1) is 12.7 Å². The van der Waals surface area contributed by atoms with E-state index in [-0.39, 0.29) is 16.3 Å². The fraction of sp³-hybridized carbons (Fsp3) is 0.231. The number of primary sulfonamides is 1. The minimum atomic E-state index is -3.94. The van der Waals surface area contributed by atoms with Gasteiger partial charge in [-0.05, 0) is 60.9 Å². The molecule has 0 unspecified atom stereocenters. The van der Waals surface area contributed by atoms with Crippen molar-refractivity contribution in [3.8, 4) is 0 Å². The van der Waals surface area contributed by atoms with E-state index in [1.54, 1.807) is 37.4 Å². The highest BCUT2D eigenvalue weighted by atomic mass is 32.2. The largest absolute Gasteiger partial charge is 0.377 e. The molecule has 5 rings (SSSR count). The number of hydrogen-bond acceptors (Lipinski definition) is 6. The van der Waals surface area contributed by atoms with Crippen LogP contribution in [0.5, 0.6) is 0 Å². The molecule has 0 saturated heterocycles. The fourth-order valence-electron chi connectivity index (χ4n) is 4.80. The second-order valence-corrected chi connectivity index (χ2v) is 10.7. The van der Waals surface area contributed by atoms with Crippen molar-refractivity contribution >= 4 is 32.6 Å². The van der Waals surface area contributed by atoms with Gasteiger partial charge in [-0.15, -0.1) is 0 Å².